The van der Waals surface area contributed by atoms with Gasteiger partial charge in [-0.15, -0.1) is 12.4 Å². The summed E-state index contributed by atoms with van der Waals surface area (Å²) < 4.78 is 16.6. The van der Waals surface area contributed by atoms with Crippen LogP contribution >= 0.6 is 12.4 Å². The Balaban J connectivity index is 0.00000243. The molecule has 0 radical (unpaired) electrons. The van der Waals surface area contributed by atoms with Gasteiger partial charge in [-0.3, -0.25) is 4.79 Å². The number of methoxy groups -OCH3 is 1. The van der Waals surface area contributed by atoms with Crippen molar-refractivity contribution in [1.82, 2.24) is 4.90 Å². The minimum absolute atomic E-state index is 0. The molecule has 1 unspecified atom stereocenters. The van der Waals surface area contributed by atoms with E-state index in [1.54, 1.807) is 24.1 Å². The molecular formula is C19H25ClN2O4. The quantitative estimate of drug-likeness (QED) is 0.833. The van der Waals surface area contributed by atoms with Crippen LogP contribution in [0.3, 0.4) is 0 Å². The Labute approximate surface area is 159 Å². The smallest absolute Gasteiger partial charge is 0.289 e. The van der Waals surface area contributed by atoms with E-state index in [-0.39, 0.29) is 30.3 Å². The number of hydrogen-bond acceptors (Lipinski definition) is 5. The van der Waals surface area contributed by atoms with Gasteiger partial charge in [-0.2, -0.15) is 0 Å². The van der Waals surface area contributed by atoms with Gasteiger partial charge < -0.3 is 24.5 Å². The second kappa shape index (κ2) is 8.47. The summed E-state index contributed by atoms with van der Waals surface area (Å²) in [6, 6.07) is 10.9. The Kier molecular flexibility index (Phi) is 6.56. The highest BCUT2D eigenvalue weighted by Gasteiger charge is 2.36. The van der Waals surface area contributed by atoms with Crippen LogP contribution in [-0.4, -0.2) is 37.6 Å². The molecule has 26 heavy (non-hydrogen) atoms. The molecule has 2 aromatic rings. The van der Waals surface area contributed by atoms with Crippen LogP contribution in [0, 0.1) is 5.41 Å². The van der Waals surface area contributed by atoms with Crippen LogP contribution in [0.4, 0.5) is 0 Å². The lowest BCUT2D eigenvalue weighted by atomic mass is 9.90. The van der Waals surface area contributed by atoms with Gasteiger partial charge in [-0.25, -0.2) is 0 Å². The van der Waals surface area contributed by atoms with Gasteiger partial charge in [-0.1, -0.05) is 19.1 Å². The zero-order chi connectivity index (χ0) is 17.9. The number of carbonyl (C=O) groups is 1. The lowest BCUT2D eigenvalue weighted by Crippen LogP contribution is -2.34. The Morgan fingerprint density at radius 3 is 2.65 bits per heavy atom. The minimum Gasteiger partial charge on any atom is -0.493 e. The summed E-state index contributed by atoms with van der Waals surface area (Å²) in [5.74, 6) is 2.12. The maximum Gasteiger partial charge on any atom is 0.289 e. The highest BCUT2D eigenvalue weighted by atomic mass is 35.5. The fourth-order valence-electron chi connectivity index (χ4n) is 2.98. The Hall–Kier alpha value is -2.18. The van der Waals surface area contributed by atoms with Crippen LogP contribution in [0.1, 0.15) is 29.7 Å². The van der Waals surface area contributed by atoms with E-state index < -0.39 is 0 Å². The average Bonchev–Trinajstić information content (AvgIpc) is 3.27. The number of rotatable bonds is 6. The van der Waals surface area contributed by atoms with E-state index in [9.17, 15) is 4.79 Å². The number of amides is 1. The molecule has 142 valence electrons. The monoisotopic (exact) mass is 380 g/mol. The number of para-hydroxylation sites is 2. The molecule has 1 aromatic carbocycles. The molecule has 0 spiro atoms. The number of carbonyl (C=O) groups excluding carboxylic acids is 1. The number of hydrogen-bond donors (Lipinski definition) is 1. The Morgan fingerprint density at radius 1 is 1.27 bits per heavy atom. The molecule has 1 amide bonds. The predicted octanol–water partition coefficient (Wildman–Crippen LogP) is 3.10. The highest BCUT2D eigenvalue weighted by Crippen LogP contribution is 2.30. The molecule has 7 heteroatoms. The average molecular weight is 381 g/mol. The van der Waals surface area contributed by atoms with E-state index in [4.69, 9.17) is 19.6 Å². The maximum absolute atomic E-state index is 12.6. The fraction of sp³-hybridized carbons (Fsp3) is 0.421. The maximum atomic E-state index is 12.6. The summed E-state index contributed by atoms with van der Waals surface area (Å²) >= 11 is 0. The van der Waals surface area contributed by atoms with Gasteiger partial charge in [0.2, 0.25) is 0 Å². The molecular weight excluding hydrogens is 356 g/mol. The van der Waals surface area contributed by atoms with Crippen molar-refractivity contribution in [3.63, 3.8) is 0 Å². The molecule has 0 bridgehead atoms. The topological polar surface area (TPSA) is 77.9 Å². The number of nitrogens with two attached hydrogens (primary N) is 1. The molecule has 3 rings (SSSR count). The van der Waals surface area contributed by atoms with Crippen molar-refractivity contribution >= 4 is 18.3 Å². The molecule has 1 aromatic heterocycles. The zero-order valence-corrected chi connectivity index (χ0v) is 15.9. The second-order valence-electron chi connectivity index (χ2n) is 6.70. The summed E-state index contributed by atoms with van der Waals surface area (Å²) in [6.45, 7) is 4.28. The number of benzene rings is 1. The molecule has 6 nitrogen and oxygen atoms in total. The Bertz CT molecular complexity index is 749. The molecule has 2 heterocycles. The fourth-order valence-corrected chi connectivity index (χ4v) is 2.98. The first-order chi connectivity index (χ1) is 12.0. The molecule has 1 aliphatic rings. The van der Waals surface area contributed by atoms with E-state index >= 15 is 0 Å². The third-order valence-electron chi connectivity index (χ3n) is 4.65. The van der Waals surface area contributed by atoms with Gasteiger partial charge in [0.25, 0.3) is 5.91 Å². The largest absolute Gasteiger partial charge is 0.493 e. The first-order valence-electron chi connectivity index (χ1n) is 8.38. The van der Waals surface area contributed by atoms with Crippen LogP contribution in [-0.2, 0) is 6.61 Å². The first-order valence-corrected chi connectivity index (χ1v) is 8.38. The molecule has 1 saturated heterocycles. The predicted molar refractivity (Wildman–Crippen MR) is 101 cm³/mol. The van der Waals surface area contributed by atoms with E-state index in [0.29, 0.717) is 42.7 Å². The zero-order valence-electron chi connectivity index (χ0n) is 15.1. The minimum atomic E-state index is -0.0966. The molecule has 2 N–H and O–H groups in total. The third-order valence-corrected chi connectivity index (χ3v) is 4.65. The van der Waals surface area contributed by atoms with Crippen LogP contribution < -0.4 is 15.2 Å². The van der Waals surface area contributed by atoms with Gasteiger partial charge >= 0.3 is 0 Å². The number of halogens is 1. The van der Waals surface area contributed by atoms with Gasteiger partial charge in [-0.05, 0) is 42.6 Å². The second-order valence-corrected chi connectivity index (χ2v) is 6.70. The van der Waals surface area contributed by atoms with E-state index in [1.807, 2.05) is 24.3 Å². The lowest BCUT2D eigenvalue weighted by Gasteiger charge is -2.21. The number of furan rings is 1. The molecule has 0 aliphatic carbocycles. The summed E-state index contributed by atoms with van der Waals surface area (Å²) in [7, 11) is 1.59. The van der Waals surface area contributed by atoms with Crippen molar-refractivity contribution in [2.24, 2.45) is 11.1 Å². The highest BCUT2D eigenvalue weighted by molar-refractivity contribution is 5.91. The van der Waals surface area contributed by atoms with Gasteiger partial charge in [0.05, 0.1) is 7.11 Å². The van der Waals surface area contributed by atoms with E-state index in [1.165, 1.54) is 0 Å². The number of likely N-dealkylation sites (tertiary alicyclic amines) is 1. The van der Waals surface area contributed by atoms with Crippen molar-refractivity contribution in [2.75, 3.05) is 26.7 Å². The van der Waals surface area contributed by atoms with Crippen molar-refractivity contribution in [1.29, 1.82) is 0 Å². The summed E-state index contributed by atoms with van der Waals surface area (Å²) in [6.07, 6.45) is 0.916. The van der Waals surface area contributed by atoms with Crippen molar-refractivity contribution in [2.45, 2.75) is 20.0 Å². The Morgan fingerprint density at radius 2 is 2.00 bits per heavy atom. The lowest BCUT2D eigenvalue weighted by molar-refractivity contribution is 0.0741. The SMILES string of the molecule is COc1ccccc1OCc1ccc(C(=O)N2CCC(C)(CN)C2)o1.Cl. The molecule has 0 saturated carbocycles. The van der Waals surface area contributed by atoms with Crippen LogP contribution in [0.15, 0.2) is 40.8 Å². The normalized spacial score (nSPS) is 19.1. The van der Waals surface area contributed by atoms with Crippen LogP contribution in [0.5, 0.6) is 11.5 Å². The standard InChI is InChI=1S/C19H24N2O4.ClH/c1-19(12-20)9-10-21(13-19)18(22)17-8-7-14(25-17)11-24-16-6-4-3-5-15(16)23-2;/h3-8H,9-13,20H2,1-2H3;1H. The number of ether oxygens (including phenoxy) is 2. The van der Waals surface area contributed by atoms with Gasteiger partial charge in [0.15, 0.2) is 17.3 Å². The first kappa shape index (κ1) is 20.1. The molecule has 1 fully saturated rings. The summed E-state index contributed by atoms with van der Waals surface area (Å²) in [5, 5.41) is 0. The van der Waals surface area contributed by atoms with Crippen LogP contribution in [0.25, 0.3) is 0 Å². The molecule has 1 atom stereocenters. The van der Waals surface area contributed by atoms with Gasteiger partial charge in [0, 0.05) is 13.1 Å². The summed E-state index contributed by atoms with van der Waals surface area (Å²) in [5.41, 5.74) is 5.80. The van der Waals surface area contributed by atoms with Crippen molar-refractivity contribution in [3.05, 3.63) is 47.9 Å². The summed E-state index contributed by atoms with van der Waals surface area (Å²) in [4.78, 5) is 14.4. The van der Waals surface area contributed by atoms with Gasteiger partial charge in [0.1, 0.15) is 12.4 Å². The number of nitrogens with zero attached hydrogens (tertiary/aromatic N) is 1. The third kappa shape index (κ3) is 4.31. The van der Waals surface area contributed by atoms with Crippen molar-refractivity contribution < 1.29 is 18.7 Å². The molecule has 1 aliphatic heterocycles. The van der Waals surface area contributed by atoms with E-state index in [0.717, 1.165) is 6.42 Å². The van der Waals surface area contributed by atoms with Crippen LogP contribution in [0.2, 0.25) is 0 Å². The van der Waals surface area contributed by atoms with Crippen molar-refractivity contribution in [3.8, 4) is 11.5 Å². The van der Waals surface area contributed by atoms with E-state index in [2.05, 4.69) is 6.92 Å².